The van der Waals surface area contributed by atoms with Crippen molar-refractivity contribution in [2.75, 3.05) is 6.54 Å². The molecule has 1 aliphatic carbocycles. The maximum absolute atomic E-state index is 12.2. The first kappa shape index (κ1) is 13.5. The van der Waals surface area contributed by atoms with Crippen LogP contribution in [0.15, 0.2) is 23.9 Å². The van der Waals surface area contributed by atoms with E-state index in [0.29, 0.717) is 19.4 Å². The summed E-state index contributed by atoms with van der Waals surface area (Å²) in [6, 6.07) is 0. The molecule has 20 heavy (non-hydrogen) atoms. The second kappa shape index (κ2) is 4.55. The van der Waals surface area contributed by atoms with Gasteiger partial charge in [0.15, 0.2) is 5.78 Å². The van der Waals surface area contributed by atoms with E-state index in [1.54, 1.807) is 0 Å². The molecule has 3 rings (SSSR count). The number of carbonyl (C=O) groups is 3. The Labute approximate surface area is 125 Å². The van der Waals surface area contributed by atoms with Gasteiger partial charge in [0.25, 0.3) is 5.91 Å². The maximum Gasteiger partial charge on any atom is 0.252 e. The van der Waals surface area contributed by atoms with E-state index >= 15 is 0 Å². The van der Waals surface area contributed by atoms with Crippen LogP contribution in [0.3, 0.4) is 0 Å². The molecule has 106 valence electrons. The normalized spacial score (nSPS) is 36.8. The third-order valence-corrected chi connectivity index (χ3v) is 5.13. The summed E-state index contributed by atoms with van der Waals surface area (Å²) in [5.41, 5.74) is 0.186. The zero-order valence-corrected chi connectivity index (χ0v) is 12.6. The summed E-state index contributed by atoms with van der Waals surface area (Å²) in [7, 11) is 0. The van der Waals surface area contributed by atoms with Crippen molar-refractivity contribution < 1.29 is 14.4 Å². The van der Waals surface area contributed by atoms with E-state index in [4.69, 9.17) is 0 Å². The SMILES string of the molecule is CC1(N2C=C3C=CC(Br)C(=O)C3C2)CCC(=O)NC1=O. The summed E-state index contributed by atoms with van der Waals surface area (Å²) in [5.74, 6) is -0.576. The fourth-order valence-corrected chi connectivity index (χ4v) is 3.40. The van der Waals surface area contributed by atoms with Crippen molar-refractivity contribution in [3.8, 4) is 0 Å². The second-order valence-electron chi connectivity index (χ2n) is 5.65. The molecule has 5 nitrogen and oxygen atoms in total. The number of halogens is 1. The molecule has 2 heterocycles. The smallest absolute Gasteiger partial charge is 0.252 e. The van der Waals surface area contributed by atoms with E-state index < -0.39 is 5.54 Å². The Balaban J connectivity index is 1.86. The Morgan fingerprint density at radius 1 is 1.40 bits per heavy atom. The number of amides is 2. The van der Waals surface area contributed by atoms with Gasteiger partial charge < -0.3 is 4.90 Å². The Bertz CT molecular complexity index is 569. The van der Waals surface area contributed by atoms with Gasteiger partial charge in [0.2, 0.25) is 5.91 Å². The quantitative estimate of drug-likeness (QED) is 0.569. The Morgan fingerprint density at radius 2 is 2.15 bits per heavy atom. The number of ketones is 1. The van der Waals surface area contributed by atoms with Crippen molar-refractivity contribution in [3.05, 3.63) is 23.9 Å². The van der Waals surface area contributed by atoms with Gasteiger partial charge in [0.05, 0.1) is 10.7 Å². The first-order valence-electron chi connectivity index (χ1n) is 6.60. The summed E-state index contributed by atoms with van der Waals surface area (Å²) in [5, 5.41) is 2.39. The molecule has 0 bridgehead atoms. The molecule has 0 saturated carbocycles. The first-order valence-corrected chi connectivity index (χ1v) is 7.52. The van der Waals surface area contributed by atoms with Crippen molar-refractivity contribution in [1.29, 1.82) is 0 Å². The van der Waals surface area contributed by atoms with Gasteiger partial charge in [-0.05, 0) is 18.9 Å². The number of nitrogens with zero attached hydrogens (tertiary/aromatic N) is 1. The van der Waals surface area contributed by atoms with Crippen LogP contribution < -0.4 is 5.32 Å². The minimum Gasteiger partial charge on any atom is -0.362 e. The number of alkyl halides is 1. The van der Waals surface area contributed by atoms with E-state index in [1.165, 1.54) is 0 Å². The molecule has 1 fully saturated rings. The Hall–Kier alpha value is -1.43. The minimum absolute atomic E-state index is 0.122. The van der Waals surface area contributed by atoms with Crippen LogP contribution >= 0.6 is 15.9 Å². The number of allylic oxidation sites excluding steroid dienone is 2. The first-order chi connectivity index (χ1) is 9.41. The minimum atomic E-state index is -0.756. The molecule has 0 aromatic carbocycles. The summed E-state index contributed by atoms with van der Waals surface area (Å²) in [6.07, 6.45) is 6.44. The molecule has 0 radical (unpaired) electrons. The van der Waals surface area contributed by atoms with Gasteiger partial charge in [-0.15, -0.1) is 0 Å². The van der Waals surface area contributed by atoms with E-state index in [-0.39, 0.29) is 28.3 Å². The fourth-order valence-electron chi connectivity index (χ4n) is 2.93. The standard InChI is InChI=1S/C14H15BrN2O3/c1-14(5-4-11(18)16-13(14)20)17-6-8-2-3-10(15)12(19)9(8)7-17/h2-3,6,9-10H,4-5,7H2,1H3,(H,16,18,20). The number of fused-ring (bicyclic) bond motifs is 1. The van der Waals surface area contributed by atoms with Crippen LogP contribution in [0.1, 0.15) is 19.8 Å². The third kappa shape index (κ3) is 1.93. The third-order valence-electron chi connectivity index (χ3n) is 4.37. The molecule has 6 heteroatoms. The summed E-state index contributed by atoms with van der Waals surface area (Å²) >= 11 is 3.33. The monoisotopic (exact) mass is 338 g/mol. The van der Waals surface area contributed by atoms with Crippen LogP contribution in [0, 0.1) is 5.92 Å². The molecule has 2 aliphatic heterocycles. The number of hydrogen-bond donors (Lipinski definition) is 1. The van der Waals surface area contributed by atoms with Crippen molar-refractivity contribution in [3.63, 3.8) is 0 Å². The molecule has 1 N–H and O–H groups in total. The van der Waals surface area contributed by atoms with E-state index in [1.807, 2.05) is 30.2 Å². The summed E-state index contributed by atoms with van der Waals surface area (Å²) in [6.45, 7) is 2.32. The highest BCUT2D eigenvalue weighted by Crippen LogP contribution is 2.36. The van der Waals surface area contributed by atoms with Crippen molar-refractivity contribution in [2.45, 2.75) is 30.1 Å². The molecule has 3 unspecified atom stereocenters. The Morgan fingerprint density at radius 3 is 2.85 bits per heavy atom. The largest absolute Gasteiger partial charge is 0.362 e. The highest BCUT2D eigenvalue weighted by atomic mass is 79.9. The molecule has 3 aliphatic rings. The molecule has 3 atom stereocenters. The molecule has 0 aromatic rings. The van der Waals surface area contributed by atoms with Crippen LogP contribution in [0.5, 0.6) is 0 Å². The van der Waals surface area contributed by atoms with Crippen molar-refractivity contribution in [1.82, 2.24) is 10.2 Å². The lowest BCUT2D eigenvalue weighted by atomic mass is 9.88. The van der Waals surface area contributed by atoms with Gasteiger partial charge in [-0.2, -0.15) is 0 Å². The zero-order valence-electron chi connectivity index (χ0n) is 11.1. The van der Waals surface area contributed by atoms with Gasteiger partial charge in [-0.1, -0.05) is 28.1 Å². The van der Waals surface area contributed by atoms with Crippen molar-refractivity contribution >= 4 is 33.5 Å². The van der Waals surface area contributed by atoms with Gasteiger partial charge in [-0.3, -0.25) is 19.7 Å². The second-order valence-corrected chi connectivity index (χ2v) is 6.63. The number of piperidine rings is 1. The van der Waals surface area contributed by atoms with Gasteiger partial charge >= 0.3 is 0 Å². The lowest BCUT2D eigenvalue weighted by Gasteiger charge is -2.40. The zero-order chi connectivity index (χ0) is 14.5. The molecule has 2 amide bonds. The van der Waals surface area contributed by atoms with Crippen LogP contribution in [-0.4, -0.2) is 39.4 Å². The number of carbonyl (C=O) groups excluding carboxylic acids is 3. The maximum atomic E-state index is 12.2. The van der Waals surface area contributed by atoms with E-state index in [0.717, 1.165) is 5.57 Å². The van der Waals surface area contributed by atoms with Gasteiger partial charge in [0, 0.05) is 19.2 Å². The molecule has 0 spiro atoms. The predicted molar refractivity (Wildman–Crippen MR) is 75.9 cm³/mol. The number of Topliss-reactive ketones (excluding diaryl/α,β-unsaturated/α-hetero) is 1. The van der Waals surface area contributed by atoms with E-state index in [2.05, 4.69) is 21.2 Å². The molecular formula is C14H15BrN2O3. The number of hydrogen-bond acceptors (Lipinski definition) is 4. The topological polar surface area (TPSA) is 66.5 Å². The molecule has 0 aromatic heterocycles. The summed E-state index contributed by atoms with van der Waals surface area (Å²) in [4.78, 5) is 37.2. The molecular weight excluding hydrogens is 324 g/mol. The van der Waals surface area contributed by atoms with Gasteiger partial charge in [-0.25, -0.2) is 0 Å². The van der Waals surface area contributed by atoms with Crippen molar-refractivity contribution in [2.24, 2.45) is 5.92 Å². The number of nitrogens with one attached hydrogen (secondary N) is 1. The van der Waals surface area contributed by atoms with Gasteiger partial charge in [0.1, 0.15) is 5.54 Å². The number of rotatable bonds is 1. The van der Waals surface area contributed by atoms with Crippen LogP contribution in [0.25, 0.3) is 0 Å². The lowest BCUT2D eigenvalue weighted by molar-refractivity contribution is -0.142. The van der Waals surface area contributed by atoms with E-state index in [9.17, 15) is 14.4 Å². The average molecular weight is 339 g/mol. The molecule has 1 saturated heterocycles. The lowest BCUT2D eigenvalue weighted by Crippen LogP contribution is -2.59. The van der Waals surface area contributed by atoms with Crippen LogP contribution in [0.2, 0.25) is 0 Å². The fraction of sp³-hybridized carbons (Fsp3) is 0.500. The summed E-state index contributed by atoms with van der Waals surface area (Å²) < 4.78 is 0. The number of imide groups is 1. The van der Waals surface area contributed by atoms with Crippen LogP contribution in [0.4, 0.5) is 0 Å². The Kier molecular flexibility index (Phi) is 3.08. The predicted octanol–water partition coefficient (Wildman–Crippen LogP) is 0.900. The highest BCUT2D eigenvalue weighted by Gasteiger charge is 2.47. The van der Waals surface area contributed by atoms with Crippen LogP contribution in [-0.2, 0) is 14.4 Å². The average Bonchev–Trinajstić information content (AvgIpc) is 2.84. The highest BCUT2D eigenvalue weighted by molar-refractivity contribution is 9.10.